The summed E-state index contributed by atoms with van der Waals surface area (Å²) in [4.78, 5) is 27.3. The Morgan fingerprint density at radius 1 is 1.23 bits per heavy atom. The third kappa shape index (κ3) is 5.14. The van der Waals surface area contributed by atoms with Crippen molar-refractivity contribution in [2.24, 2.45) is 5.10 Å². The summed E-state index contributed by atoms with van der Waals surface area (Å²) in [5.74, 6) is -0.481. The second-order valence-corrected chi connectivity index (χ2v) is 7.04. The monoisotopic (exact) mass is 416 g/mol. The van der Waals surface area contributed by atoms with Crippen molar-refractivity contribution in [3.05, 3.63) is 70.1 Å². The number of nitrogens with one attached hydrogen (secondary N) is 1. The van der Waals surface area contributed by atoms with E-state index in [1.54, 1.807) is 30.5 Å². The van der Waals surface area contributed by atoms with Gasteiger partial charge >= 0.3 is 0 Å². The van der Waals surface area contributed by atoms with Crippen LogP contribution in [0, 0.1) is 11.3 Å². The van der Waals surface area contributed by atoms with Gasteiger partial charge in [0.25, 0.3) is 11.5 Å². The Morgan fingerprint density at radius 3 is 2.61 bits per heavy atom. The highest BCUT2D eigenvalue weighted by Gasteiger charge is 2.16. The van der Waals surface area contributed by atoms with Crippen LogP contribution in [0.15, 0.2) is 58.4 Å². The molecule has 31 heavy (non-hydrogen) atoms. The number of fused-ring (bicyclic) bond motifs is 1. The molecular weight excluding hydrogens is 392 g/mol. The zero-order chi connectivity index (χ0) is 22.2. The number of nitrogens with zero attached hydrogens (tertiary/aromatic N) is 5. The molecule has 0 bridgehead atoms. The summed E-state index contributed by atoms with van der Waals surface area (Å²) in [6.45, 7) is 3.03. The lowest BCUT2D eigenvalue weighted by Gasteiger charge is -2.17. The number of nitriles is 1. The Hall–Kier alpha value is -3.99. The zero-order valence-electron chi connectivity index (χ0n) is 17.6. The third-order valence-corrected chi connectivity index (χ3v) is 4.79. The first kappa shape index (κ1) is 21.7. The molecule has 0 aliphatic carbocycles. The van der Waals surface area contributed by atoms with Gasteiger partial charge in [0.2, 0.25) is 0 Å². The molecule has 3 rings (SSSR count). The molecule has 0 spiro atoms. The van der Waals surface area contributed by atoms with E-state index in [0.717, 1.165) is 17.7 Å². The minimum Gasteiger partial charge on any atom is -0.374 e. The minimum atomic E-state index is -0.481. The van der Waals surface area contributed by atoms with E-state index in [0.29, 0.717) is 30.3 Å². The SMILES string of the molecule is CCCn1nc(C(=O)N/N=C\c2ccc(N(C)CCC#N)cc2)c2ccccc2c1=O. The summed E-state index contributed by atoms with van der Waals surface area (Å²) < 4.78 is 1.32. The Morgan fingerprint density at radius 2 is 1.94 bits per heavy atom. The molecule has 158 valence electrons. The van der Waals surface area contributed by atoms with Crippen LogP contribution in [0.5, 0.6) is 0 Å². The first-order valence-corrected chi connectivity index (χ1v) is 10.1. The number of rotatable bonds is 8. The third-order valence-electron chi connectivity index (χ3n) is 4.79. The lowest BCUT2D eigenvalue weighted by molar-refractivity contribution is 0.0949. The van der Waals surface area contributed by atoms with Gasteiger partial charge in [0.05, 0.1) is 24.1 Å². The van der Waals surface area contributed by atoms with Gasteiger partial charge in [-0.05, 0) is 30.2 Å². The average Bonchev–Trinajstić information content (AvgIpc) is 2.79. The molecular formula is C23H24N6O2. The van der Waals surface area contributed by atoms with Gasteiger partial charge in [0, 0.05) is 31.2 Å². The number of carbonyl (C=O) groups excluding carboxylic acids is 1. The van der Waals surface area contributed by atoms with E-state index < -0.39 is 5.91 Å². The van der Waals surface area contributed by atoms with Gasteiger partial charge in [-0.1, -0.05) is 37.3 Å². The van der Waals surface area contributed by atoms with Crippen LogP contribution >= 0.6 is 0 Å². The summed E-state index contributed by atoms with van der Waals surface area (Å²) >= 11 is 0. The Labute approximate surface area is 180 Å². The van der Waals surface area contributed by atoms with E-state index in [-0.39, 0.29) is 11.3 Å². The van der Waals surface area contributed by atoms with Crippen LogP contribution in [0.4, 0.5) is 5.69 Å². The number of carbonyl (C=O) groups is 1. The second-order valence-electron chi connectivity index (χ2n) is 7.04. The van der Waals surface area contributed by atoms with Gasteiger partial charge in [-0.15, -0.1) is 0 Å². The Kier molecular flexibility index (Phi) is 7.12. The number of amides is 1. The van der Waals surface area contributed by atoms with Crippen LogP contribution in [0.3, 0.4) is 0 Å². The van der Waals surface area contributed by atoms with Crippen molar-refractivity contribution in [3.8, 4) is 6.07 Å². The minimum absolute atomic E-state index is 0.162. The van der Waals surface area contributed by atoms with Crippen molar-refractivity contribution >= 4 is 28.6 Å². The highest BCUT2D eigenvalue weighted by atomic mass is 16.2. The van der Waals surface area contributed by atoms with Crippen LogP contribution in [0.25, 0.3) is 10.8 Å². The molecule has 1 heterocycles. The maximum Gasteiger partial charge on any atom is 0.292 e. The molecule has 0 unspecified atom stereocenters. The first-order chi connectivity index (χ1) is 15.0. The summed E-state index contributed by atoms with van der Waals surface area (Å²) in [5, 5.41) is 17.9. The van der Waals surface area contributed by atoms with Crippen molar-refractivity contribution in [3.63, 3.8) is 0 Å². The normalized spacial score (nSPS) is 10.9. The standard InChI is InChI=1S/C23H24N6O2/c1-3-14-29-23(31)20-8-5-4-7-19(20)21(27-29)22(30)26-25-16-17-9-11-18(12-10-17)28(2)15-6-13-24/h4-5,7-12,16H,3,6,14-15H2,1-2H3,(H,26,30)/b25-16-. The zero-order valence-corrected chi connectivity index (χ0v) is 17.6. The maximum absolute atomic E-state index is 12.7. The van der Waals surface area contributed by atoms with Crippen molar-refractivity contribution in [1.29, 1.82) is 5.26 Å². The molecule has 1 N–H and O–H groups in total. The molecule has 3 aromatic rings. The molecule has 8 heteroatoms. The number of hydrogen-bond donors (Lipinski definition) is 1. The molecule has 8 nitrogen and oxygen atoms in total. The van der Waals surface area contributed by atoms with Crippen LogP contribution in [-0.2, 0) is 6.54 Å². The van der Waals surface area contributed by atoms with Gasteiger partial charge in [0.1, 0.15) is 0 Å². The molecule has 1 aromatic heterocycles. The summed E-state index contributed by atoms with van der Waals surface area (Å²) in [7, 11) is 1.93. The molecule has 0 fully saturated rings. The topological polar surface area (TPSA) is 103 Å². The highest BCUT2D eigenvalue weighted by molar-refractivity contribution is 6.04. The van der Waals surface area contributed by atoms with Gasteiger partial charge in [0.15, 0.2) is 5.69 Å². The molecule has 0 radical (unpaired) electrons. The summed E-state index contributed by atoms with van der Waals surface area (Å²) in [6.07, 6.45) is 2.73. The quantitative estimate of drug-likeness (QED) is 0.449. The molecule has 0 saturated carbocycles. The van der Waals surface area contributed by atoms with E-state index in [2.05, 4.69) is 21.7 Å². The summed E-state index contributed by atoms with van der Waals surface area (Å²) in [5.41, 5.74) is 4.25. The molecule has 0 atom stereocenters. The van der Waals surface area contributed by atoms with E-state index in [9.17, 15) is 9.59 Å². The number of aromatic nitrogens is 2. The highest BCUT2D eigenvalue weighted by Crippen LogP contribution is 2.14. The van der Waals surface area contributed by atoms with Gasteiger partial charge < -0.3 is 4.90 Å². The predicted molar refractivity (Wildman–Crippen MR) is 121 cm³/mol. The number of anilines is 1. The van der Waals surface area contributed by atoms with Gasteiger partial charge in [-0.25, -0.2) is 10.1 Å². The van der Waals surface area contributed by atoms with Crippen molar-refractivity contribution in [2.75, 3.05) is 18.5 Å². The van der Waals surface area contributed by atoms with Crippen molar-refractivity contribution in [2.45, 2.75) is 26.3 Å². The van der Waals surface area contributed by atoms with Crippen LogP contribution in [0.2, 0.25) is 0 Å². The number of hydrazone groups is 1. The van der Waals surface area contributed by atoms with Crippen LogP contribution < -0.4 is 15.9 Å². The average molecular weight is 416 g/mol. The van der Waals surface area contributed by atoms with Gasteiger partial charge in [-0.2, -0.15) is 15.5 Å². The lowest BCUT2D eigenvalue weighted by Crippen LogP contribution is -2.29. The molecule has 1 amide bonds. The first-order valence-electron chi connectivity index (χ1n) is 10.1. The maximum atomic E-state index is 12.7. The van der Waals surface area contributed by atoms with E-state index >= 15 is 0 Å². The largest absolute Gasteiger partial charge is 0.374 e. The smallest absolute Gasteiger partial charge is 0.292 e. The molecule has 0 aliphatic rings. The Balaban J connectivity index is 1.76. The predicted octanol–water partition coefficient (Wildman–Crippen LogP) is 2.92. The van der Waals surface area contributed by atoms with Crippen molar-refractivity contribution < 1.29 is 4.79 Å². The fourth-order valence-corrected chi connectivity index (χ4v) is 3.15. The molecule has 2 aromatic carbocycles. The Bertz CT molecular complexity index is 1190. The fraction of sp³-hybridized carbons (Fsp3) is 0.261. The molecule has 0 saturated heterocycles. The van der Waals surface area contributed by atoms with E-state index in [1.165, 1.54) is 4.68 Å². The number of hydrogen-bond acceptors (Lipinski definition) is 6. The molecule has 0 aliphatic heterocycles. The fourth-order valence-electron chi connectivity index (χ4n) is 3.15. The van der Waals surface area contributed by atoms with Crippen LogP contribution in [0.1, 0.15) is 35.8 Å². The van der Waals surface area contributed by atoms with Crippen molar-refractivity contribution in [1.82, 2.24) is 15.2 Å². The van der Waals surface area contributed by atoms with Gasteiger partial charge in [-0.3, -0.25) is 9.59 Å². The number of benzene rings is 2. The second kappa shape index (κ2) is 10.2. The number of aryl methyl sites for hydroxylation is 1. The summed E-state index contributed by atoms with van der Waals surface area (Å²) in [6, 6.07) is 16.7. The van der Waals surface area contributed by atoms with E-state index in [4.69, 9.17) is 5.26 Å². The lowest BCUT2D eigenvalue weighted by atomic mass is 10.1. The van der Waals surface area contributed by atoms with Crippen LogP contribution in [-0.4, -0.2) is 35.5 Å². The van der Waals surface area contributed by atoms with E-state index in [1.807, 2.05) is 43.1 Å².